The van der Waals surface area contributed by atoms with Gasteiger partial charge in [-0.1, -0.05) is 62.4 Å². The van der Waals surface area contributed by atoms with Gasteiger partial charge in [0, 0.05) is 25.2 Å². The maximum absolute atomic E-state index is 6.24. The van der Waals surface area contributed by atoms with E-state index in [1.54, 1.807) is 0 Å². The van der Waals surface area contributed by atoms with Crippen molar-refractivity contribution >= 4 is 6.08 Å². The Kier molecular flexibility index (Phi) is 5.93. The van der Waals surface area contributed by atoms with E-state index in [1.165, 1.54) is 22.3 Å². The Morgan fingerprint density at radius 2 is 1.96 bits per heavy atom. The summed E-state index contributed by atoms with van der Waals surface area (Å²) in [6, 6.07) is 15.3. The maximum Gasteiger partial charge on any atom is 0.124 e. The highest BCUT2D eigenvalue weighted by molar-refractivity contribution is 5.51. The van der Waals surface area contributed by atoms with E-state index in [4.69, 9.17) is 4.74 Å². The lowest BCUT2D eigenvalue weighted by atomic mass is 10.0. The highest BCUT2D eigenvalue weighted by Gasteiger charge is 2.22. The van der Waals surface area contributed by atoms with E-state index < -0.39 is 0 Å². The van der Waals surface area contributed by atoms with Crippen LogP contribution in [0.3, 0.4) is 0 Å². The monoisotopic (exact) mass is 335 g/mol. The molecule has 0 saturated heterocycles. The highest BCUT2D eigenvalue weighted by atomic mass is 16.5. The lowest BCUT2D eigenvalue weighted by Gasteiger charge is -2.24. The molecule has 1 aliphatic rings. The Balaban J connectivity index is 1.87. The van der Waals surface area contributed by atoms with E-state index in [2.05, 4.69) is 80.3 Å². The molecule has 1 heterocycles. The molecule has 0 fully saturated rings. The van der Waals surface area contributed by atoms with Crippen LogP contribution in [0, 0.1) is 0 Å². The normalized spacial score (nSPS) is 18.0. The van der Waals surface area contributed by atoms with E-state index in [0.29, 0.717) is 0 Å². The zero-order chi connectivity index (χ0) is 17.6. The molecule has 1 atom stereocenters. The summed E-state index contributed by atoms with van der Waals surface area (Å²) in [7, 11) is 0. The van der Waals surface area contributed by atoms with Crippen LogP contribution in [0.4, 0.5) is 0 Å². The molecule has 2 aromatic rings. The third kappa shape index (κ3) is 4.32. The van der Waals surface area contributed by atoms with Crippen LogP contribution in [-0.2, 0) is 19.5 Å². The summed E-state index contributed by atoms with van der Waals surface area (Å²) in [6.07, 6.45) is 6.65. The first-order valence-electron chi connectivity index (χ1n) is 9.44. The molecule has 2 heteroatoms. The predicted octanol–water partition coefficient (Wildman–Crippen LogP) is 5.46. The van der Waals surface area contributed by atoms with Crippen LogP contribution in [-0.4, -0.2) is 17.5 Å². The van der Waals surface area contributed by atoms with Gasteiger partial charge in [-0.25, -0.2) is 0 Å². The highest BCUT2D eigenvalue weighted by Crippen LogP contribution is 2.27. The molecule has 0 unspecified atom stereocenters. The van der Waals surface area contributed by atoms with Crippen molar-refractivity contribution < 1.29 is 4.74 Å². The van der Waals surface area contributed by atoms with Crippen LogP contribution in [0.25, 0.3) is 6.08 Å². The molecule has 132 valence electrons. The van der Waals surface area contributed by atoms with Crippen LogP contribution in [0.1, 0.15) is 49.4 Å². The molecule has 0 aromatic heterocycles. The number of rotatable bonds is 5. The summed E-state index contributed by atoms with van der Waals surface area (Å²) in [5.74, 6) is 1.05. The summed E-state index contributed by atoms with van der Waals surface area (Å²) < 4.78 is 6.24. The number of aryl methyl sites for hydroxylation is 1. The van der Waals surface area contributed by atoms with E-state index in [9.17, 15) is 0 Å². The fraction of sp³-hybridized carbons (Fsp3) is 0.391. The standard InChI is InChI=1S/C23H29NO/c1-4-9-18-12-13-19(5-2)21(14-18)16-24-15-20-10-7-8-11-23(20)25-22(6-3)17-24/h4,7-14,22H,5-6,15-17H2,1-3H3/b9-4+/t22-/m1/s1. The molecule has 0 radical (unpaired) electrons. The second kappa shape index (κ2) is 8.35. The second-order valence-electron chi connectivity index (χ2n) is 6.81. The van der Waals surface area contributed by atoms with E-state index in [-0.39, 0.29) is 6.10 Å². The van der Waals surface area contributed by atoms with Crippen LogP contribution in [0.15, 0.2) is 48.5 Å². The Labute approximate surface area is 152 Å². The van der Waals surface area contributed by atoms with E-state index in [0.717, 1.165) is 38.2 Å². The molecule has 2 aromatic carbocycles. The number of hydrogen-bond donors (Lipinski definition) is 0. The minimum absolute atomic E-state index is 0.257. The number of hydrogen-bond acceptors (Lipinski definition) is 2. The van der Waals surface area contributed by atoms with Crippen LogP contribution in [0.2, 0.25) is 0 Å². The first kappa shape index (κ1) is 17.8. The van der Waals surface area contributed by atoms with Gasteiger partial charge >= 0.3 is 0 Å². The first-order valence-corrected chi connectivity index (χ1v) is 9.44. The Morgan fingerprint density at radius 3 is 2.72 bits per heavy atom. The van der Waals surface area contributed by atoms with Gasteiger partial charge in [-0.3, -0.25) is 4.90 Å². The molecule has 0 spiro atoms. The van der Waals surface area contributed by atoms with Gasteiger partial charge in [-0.2, -0.15) is 0 Å². The molecular weight excluding hydrogens is 306 g/mol. The SMILES string of the molecule is C/C=C/c1ccc(CC)c(CN2Cc3ccccc3O[C@H](CC)C2)c1. The largest absolute Gasteiger partial charge is 0.489 e. The fourth-order valence-corrected chi connectivity index (χ4v) is 3.57. The Hall–Kier alpha value is -2.06. The van der Waals surface area contributed by atoms with Gasteiger partial charge in [0.1, 0.15) is 11.9 Å². The summed E-state index contributed by atoms with van der Waals surface area (Å²) in [6.45, 7) is 9.42. The van der Waals surface area contributed by atoms with Crippen LogP contribution in [0.5, 0.6) is 5.75 Å². The lowest BCUT2D eigenvalue weighted by molar-refractivity contribution is 0.139. The number of fused-ring (bicyclic) bond motifs is 1. The maximum atomic E-state index is 6.24. The third-order valence-electron chi connectivity index (χ3n) is 4.94. The summed E-state index contributed by atoms with van der Waals surface area (Å²) in [5, 5.41) is 0. The van der Waals surface area contributed by atoms with Gasteiger partial charge in [0.15, 0.2) is 0 Å². The number of allylic oxidation sites excluding steroid dienone is 1. The van der Waals surface area contributed by atoms with E-state index >= 15 is 0 Å². The minimum Gasteiger partial charge on any atom is -0.489 e. The van der Waals surface area contributed by atoms with Crippen molar-refractivity contribution in [1.82, 2.24) is 4.90 Å². The van der Waals surface area contributed by atoms with E-state index in [1.807, 2.05) is 0 Å². The van der Waals surface area contributed by atoms with Crippen molar-refractivity contribution in [3.8, 4) is 5.75 Å². The lowest BCUT2D eigenvalue weighted by Crippen LogP contribution is -2.32. The summed E-state index contributed by atoms with van der Waals surface area (Å²) in [4.78, 5) is 2.54. The predicted molar refractivity (Wildman–Crippen MR) is 106 cm³/mol. The second-order valence-corrected chi connectivity index (χ2v) is 6.81. The van der Waals surface area contributed by atoms with Gasteiger partial charge in [-0.05, 0) is 42.5 Å². The van der Waals surface area contributed by atoms with Crippen LogP contribution < -0.4 is 4.74 Å². The molecule has 0 bridgehead atoms. The molecule has 0 N–H and O–H groups in total. The minimum atomic E-state index is 0.257. The molecule has 0 amide bonds. The summed E-state index contributed by atoms with van der Waals surface area (Å²) in [5.41, 5.74) is 5.46. The van der Waals surface area contributed by atoms with Gasteiger partial charge in [-0.15, -0.1) is 0 Å². The molecule has 1 aliphatic heterocycles. The van der Waals surface area contributed by atoms with Crippen molar-refractivity contribution in [3.05, 3.63) is 70.8 Å². The fourth-order valence-electron chi connectivity index (χ4n) is 3.57. The third-order valence-corrected chi connectivity index (χ3v) is 4.94. The van der Waals surface area contributed by atoms with Crippen molar-refractivity contribution in [2.75, 3.05) is 6.54 Å². The van der Waals surface area contributed by atoms with Crippen molar-refractivity contribution in [3.63, 3.8) is 0 Å². The molecule has 0 aliphatic carbocycles. The van der Waals surface area contributed by atoms with Gasteiger partial charge in [0.25, 0.3) is 0 Å². The zero-order valence-corrected chi connectivity index (χ0v) is 15.7. The number of ether oxygens (including phenoxy) is 1. The molecule has 3 rings (SSSR count). The van der Waals surface area contributed by atoms with Gasteiger partial charge in [0.05, 0.1) is 0 Å². The summed E-state index contributed by atoms with van der Waals surface area (Å²) >= 11 is 0. The quantitative estimate of drug-likeness (QED) is 0.720. The molecule has 0 saturated carbocycles. The van der Waals surface area contributed by atoms with Gasteiger partial charge in [0.2, 0.25) is 0 Å². The average molecular weight is 335 g/mol. The smallest absolute Gasteiger partial charge is 0.124 e. The van der Waals surface area contributed by atoms with Crippen LogP contribution >= 0.6 is 0 Å². The van der Waals surface area contributed by atoms with Gasteiger partial charge < -0.3 is 4.74 Å². The average Bonchev–Trinajstić information content (AvgIpc) is 2.81. The van der Waals surface area contributed by atoms with Crippen molar-refractivity contribution in [2.24, 2.45) is 0 Å². The zero-order valence-electron chi connectivity index (χ0n) is 15.7. The first-order chi connectivity index (χ1) is 12.2. The van der Waals surface area contributed by atoms with Crippen molar-refractivity contribution in [1.29, 1.82) is 0 Å². The number of benzene rings is 2. The molecule has 25 heavy (non-hydrogen) atoms. The Morgan fingerprint density at radius 1 is 1.12 bits per heavy atom. The molecule has 2 nitrogen and oxygen atoms in total. The Bertz CT molecular complexity index is 735. The number of para-hydroxylation sites is 1. The van der Waals surface area contributed by atoms with Crippen molar-refractivity contribution in [2.45, 2.75) is 52.8 Å². The number of nitrogens with zero attached hydrogens (tertiary/aromatic N) is 1. The molecular formula is C23H29NO. The topological polar surface area (TPSA) is 12.5 Å².